The second-order valence-electron chi connectivity index (χ2n) is 7.39. The molecule has 0 aliphatic carbocycles. The van der Waals surface area contributed by atoms with E-state index in [2.05, 4.69) is 6.92 Å². The van der Waals surface area contributed by atoms with Gasteiger partial charge in [-0.2, -0.15) is 0 Å². The average Bonchev–Trinajstić information content (AvgIpc) is 3.23. The summed E-state index contributed by atoms with van der Waals surface area (Å²) in [7, 11) is 0. The molecule has 158 valence electrons. The Labute approximate surface area is 181 Å². The van der Waals surface area contributed by atoms with Crippen molar-refractivity contribution in [3.8, 4) is 5.69 Å². The Morgan fingerprint density at radius 2 is 2.07 bits per heavy atom. The highest BCUT2D eigenvalue weighted by molar-refractivity contribution is 7.17. The van der Waals surface area contributed by atoms with Gasteiger partial charge >= 0.3 is 5.69 Å². The number of fused-ring (bicyclic) bond motifs is 1. The van der Waals surface area contributed by atoms with Crippen molar-refractivity contribution in [1.82, 2.24) is 14.0 Å². The fourth-order valence-electron chi connectivity index (χ4n) is 4.07. The van der Waals surface area contributed by atoms with E-state index in [4.69, 9.17) is 11.6 Å². The third-order valence-corrected chi connectivity index (χ3v) is 6.81. The van der Waals surface area contributed by atoms with Gasteiger partial charge in [-0.1, -0.05) is 18.5 Å². The molecule has 1 aliphatic rings. The molecule has 0 radical (unpaired) electrons. The zero-order valence-electron chi connectivity index (χ0n) is 16.4. The first-order valence-corrected chi connectivity index (χ1v) is 11.2. The van der Waals surface area contributed by atoms with E-state index in [1.807, 2.05) is 4.90 Å². The maximum absolute atomic E-state index is 13.6. The molecule has 1 atom stereocenters. The number of carbonyl (C=O) groups is 1. The minimum Gasteiger partial charge on any atom is -0.338 e. The van der Waals surface area contributed by atoms with E-state index in [-0.39, 0.29) is 29.2 Å². The molecule has 4 rings (SSSR count). The number of aromatic nitrogens is 2. The van der Waals surface area contributed by atoms with Gasteiger partial charge in [-0.25, -0.2) is 13.8 Å². The van der Waals surface area contributed by atoms with E-state index in [0.717, 1.165) is 36.3 Å². The third-order valence-electron chi connectivity index (χ3n) is 5.63. The summed E-state index contributed by atoms with van der Waals surface area (Å²) in [5, 5.41) is 1.52. The normalized spacial score (nSPS) is 16.9. The predicted octanol–water partition coefficient (Wildman–Crippen LogP) is 3.80. The van der Waals surface area contributed by atoms with Gasteiger partial charge in [0, 0.05) is 12.6 Å². The van der Waals surface area contributed by atoms with E-state index in [0.29, 0.717) is 16.8 Å². The Bertz CT molecular complexity index is 1230. The molecular formula is C21H21ClFN3O3S. The summed E-state index contributed by atoms with van der Waals surface area (Å²) in [6.45, 7) is 2.57. The molecule has 1 aliphatic heterocycles. The van der Waals surface area contributed by atoms with Gasteiger partial charge in [0.05, 0.1) is 16.2 Å². The van der Waals surface area contributed by atoms with Crippen molar-refractivity contribution >= 4 is 39.1 Å². The topological polar surface area (TPSA) is 64.3 Å². The van der Waals surface area contributed by atoms with Gasteiger partial charge in [-0.3, -0.25) is 14.2 Å². The Morgan fingerprint density at radius 1 is 1.27 bits per heavy atom. The fourth-order valence-corrected chi connectivity index (χ4v) is 5.07. The number of hydrogen-bond donors (Lipinski definition) is 0. The van der Waals surface area contributed by atoms with Crippen molar-refractivity contribution in [1.29, 1.82) is 0 Å². The molecule has 0 spiro atoms. The second-order valence-corrected chi connectivity index (χ2v) is 8.71. The van der Waals surface area contributed by atoms with E-state index < -0.39 is 17.1 Å². The number of amides is 1. The molecule has 0 unspecified atom stereocenters. The molecule has 1 aromatic carbocycles. The highest BCUT2D eigenvalue weighted by Crippen LogP contribution is 2.22. The van der Waals surface area contributed by atoms with Crippen molar-refractivity contribution < 1.29 is 9.18 Å². The first kappa shape index (κ1) is 20.8. The summed E-state index contributed by atoms with van der Waals surface area (Å²) in [5.41, 5.74) is -0.567. The monoisotopic (exact) mass is 449 g/mol. The van der Waals surface area contributed by atoms with Crippen LogP contribution in [0.15, 0.2) is 39.2 Å². The maximum Gasteiger partial charge on any atom is 0.336 e. The van der Waals surface area contributed by atoms with Crippen molar-refractivity contribution in [2.75, 3.05) is 6.54 Å². The van der Waals surface area contributed by atoms with E-state index in [1.54, 1.807) is 11.4 Å². The van der Waals surface area contributed by atoms with Gasteiger partial charge in [0.2, 0.25) is 5.91 Å². The quantitative estimate of drug-likeness (QED) is 0.608. The molecule has 3 aromatic rings. The van der Waals surface area contributed by atoms with E-state index >= 15 is 0 Å². The van der Waals surface area contributed by atoms with Crippen LogP contribution in [0.4, 0.5) is 4.39 Å². The first-order chi connectivity index (χ1) is 14.4. The van der Waals surface area contributed by atoms with Crippen LogP contribution in [-0.2, 0) is 11.3 Å². The van der Waals surface area contributed by atoms with Crippen molar-refractivity contribution in [3.63, 3.8) is 0 Å². The van der Waals surface area contributed by atoms with Gasteiger partial charge in [-0.05, 0) is 55.3 Å². The lowest BCUT2D eigenvalue weighted by Crippen LogP contribution is -2.47. The van der Waals surface area contributed by atoms with Crippen molar-refractivity contribution in [3.05, 3.63) is 61.3 Å². The van der Waals surface area contributed by atoms with Crippen LogP contribution >= 0.6 is 22.9 Å². The van der Waals surface area contributed by atoms with Gasteiger partial charge in [-0.15, -0.1) is 11.3 Å². The van der Waals surface area contributed by atoms with Crippen LogP contribution in [0.1, 0.15) is 32.6 Å². The maximum atomic E-state index is 13.6. The Balaban J connectivity index is 1.83. The predicted molar refractivity (Wildman–Crippen MR) is 116 cm³/mol. The van der Waals surface area contributed by atoms with Crippen LogP contribution in [0.3, 0.4) is 0 Å². The molecule has 9 heteroatoms. The Kier molecular flexibility index (Phi) is 5.79. The SMILES string of the molecule is CC[C@@H]1CCCCN1C(=O)Cn1c(=O)n(-c2ccc(F)c(Cl)c2)c(=O)c2sccc21. The van der Waals surface area contributed by atoms with Crippen LogP contribution < -0.4 is 11.2 Å². The average molecular weight is 450 g/mol. The Hall–Kier alpha value is -2.45. The van der Waals surface area contributed by atoms with Gasteiger partial charge in [0.1, 0.15) is 17.1 Å². The number of nitrogens with zero attached hydrogens (tertiary/aromatic N) is 3. The van der Waals surface area contributed by atoms with Crippen molar-refractivity contribution in [2.45, 2.75) is 45.2 Å². The number of piperidine rings is 1. The largest absolute Gasteiger partial charge is 0.338 e. The van der Waals surface area contributed by atoms with Crippen LogP contribution in [0.25, 0.3) is 15.9 Å². The molecule has 3 heterocycles. The minimum atomic E-state index is -0.646. The number of hydrogen-bond acceptors (Lipinski definition) is 4. The summed E-state index contributed by atoms with van der Waals surface area (Å²) in [6, 6.07) is 5.51. The molecule has 30 heavy (non-hydrogen) atoms. The van der Waals surface area contributed by atoms with Gasteiger partial charge in [0.25, 0.3) is 5.56 Å². The number of rotatable bonds is 4. The second kappa shape index (κ2) is 8.35. The molecule has 0 saturated carbocycles. The first-order valence-electron chi connectivity index (χ1n) is 9.90. The number of benzene rings is 1. The number of thiophene rings is 1. The standard InChI is InChI=1S/C21H21ClFN3O3S/c1-2-13-5-3-4-9-24(13)18(27)12-25-17-8-10-30-19(17)20(28)26(21(25)29)14-6-7-16(23)15(22)11-14/h6-8,10-11,13H,2-5,9,12H2,1H3/t13-/m1/s1. The van der Waals surface area contributed by atoms with Crippen LogP contribution in [0.2, 0.25) is 5.02 Å². The molecule has 2 aromatic heterocycles. The lowest BCUT2D eigenvalue weighted by Gasteiger charge is -2.35. The molecule has 1 saturated heterocycles. The van der Waals surface area contributed by atoms with Crippen LogP contribution in [-0.4, -0.2) is 32.5 Å². The zero-order valence-corrected chi connectivity index (χ0v) is 18.0. The number of likely N-dealkylation sites (tertiary alicyclic amines) is 1. The van der Waals surface area contributed by atoms with Gasteiger partial charge < -0.3 is 4.90 Å². The summed E-state index contributed by atoms with van der Waals surface area (Å²) in [4.78, 5) is 41.2. The fraction of sp³-hybridized carbons (Fsp3) is 0.381. The van der Waals surface area contributed by atoms with E-state index in [1.165, 1.54) is 28.0 Å². The smallest absolute Gasteiger partial charge is 0.336 e. The minimum absolute atomic E-state index is 0.140. The van der Waals surface area contributed by atoms with E-state index in [9.17, 15) is 18.8 Å². The lowest BCUT2D eigenvalue weighted by atomic mass is 10.00. The molecule has 1 fully saturated rings. The number of carbonyl (C=O) groups excluding carboxylic acids is 1. The van der Waals surface area contributed by atoms with Crippen LogP contribution in [0.5, 0.6) is 0 Å². The Morgan fingerprint density at radius 3 is 2.80 bits per heavy atom. The number of halogens is 2. The molecule has 1 amide bonds. The molecule has 6 nitrogen and oxygen atoms in total. The van der Waals surface area contributed by atoms with Gasteiger partial charge in [0.15, 0.2) is 0 Å². The lowest BCUT2D eigenvalue weighted by molar-refractivity contribution is -0.135. The van der Waals surface area contributed by atoms with Crippen molar-refractivity contribution in [2.24, 2.45) is 0 Å². The zero-order chi connectivity index (χ0) is 21.4. The highest BCUT2D eigenvalue weighted by Gasteiger charge is 2.27. The summed E-state index contributed by atoms with van der Waals surface area (Å²) in [6.07, 6.45) is 3.85. The summed E-state index contributed by atoms with van der Waals surface area (Å²) < 4.78 is 16.2. The highest BCUT2D eigenvalue weighted by atomic mass is 35.5. The molecule has 0 N–H and O–H groups in total. The summed E-state index contributed by atoms with van der Waals surface area (Å²) in [5.74, 6) is -0.782. The molecule has 0 bridgehead atoms. The molecular weight excluding hydrogens is 429 g/mol. The van der Waals surface area contributed by atoms with Crippen LogP contribution in [0, 0.1) is 5.82 Å². The third kappa shape index (κ3) is 3.58. The summed E-state index contributed by atoms with van der Waals surface area (Å²) >= 11 is 7.06.